The molecule has 1 atom stereocenters. The van der Waals surface area contributed by atoms with Crippen LogP contribution < -0.4 is 19.7 Å². The highest BCUT2D eigenvalue weighted by Crippen LogP contribution is 2.36. The molecule has 2 aliphatic rings. The molecule has 1 aliphatic heterocycles. The molecule has 1 fully saturated rings. The summed E-state index contributed by atoms with van der Waals surface area (Å²) in [5.74, 6) is 0.638. The van der Waals surface area contributed by atoms with Crippen molar-refractivity contribution in [1.29, 1.82) is 0 Å². The van der Waals surface area contributed by atoms with E-state index in [1.807, 2.05) is 31.2 Å². The molecule has 0 bridgehead atoms. The molecular weight excluding hydrogens is 468 g/mol. The number of carbonyl (C=O) groups is 2. The van der Waals surface area contributed by atoms with Gasteiger partial charge < -0.3 is 19.9 Å². The fourth-order valence-corrected chi connectivity index (χ4v) is 5.15. The van der Waals surface area contributed by atoms with Gasteiger partial charge in [-0.2, -0.15) is 0 Å². The van der Waals surface area contributed by atoms with E-state index >= 15 is 0 Å². The third kappa shape index (κ3) is 5.26. The third-order valence-electron chi connectivity index (χ3n) is 7.06. The Bertz CT molecular complexity index is 1270. The van der Waals surface area contributed by atoms with E-state index in [2.05, 4.69) is 5.32 Å². The molecule has 0 aromatic heterocycles. The smallest absolute Gasteiger partial charge is 0.259 e. The van der Waals surface area contributed by atoms with Gasteiger partial charge in [-0.25, -0.2) is 0 Å². The molecular formula is C30H32N2O5. The average molecular weight is 501 g/mol. The summed E-state index contributed by atoms with van der Waals surface area (Å²) in [5.41, 5.74) is 2.63. The number of phenols is 1. The SMILES string of the molecule is CCc1ccccc1N(C(=O)c1ccc2c(c1)OCCO2)[C@H](C(=O)NC1CCCC1)c1ccc(O)cc1. The number of anilines is 1. The van der Waals surface area contributed by atoms with Crippen LogP contribution in [0.4, 0.5) is 5.69 Å². The first-order valence-electron chi connectivity index (χ1n) is 13.0. The molecule has 1 aliphatic carbocycles. The molecule has 5 rings (SSSR count). The first-order chi connectivity index (χ1) is 18.0. The number of nitrogens with zero attached hydrogens (tertiary/aromatic N) is 1. The van der Waals surface area contributed by atoms with E-state index in [-0.39, 0.29) is 23.6 Å². The second kappa shape index (κ2) is 10.9. The number of para-hydroxylation sites is 1. The number of aromatic hydroxyl groups is 1. The van der Waals surface area contributed by atoms with E-state index in [1.165, 1.54) is 0 Å². The minimum absolute atomic E-state index is 0.0831. The maximum atomic E-state index is 14.3. The van der Waals surface area contributed by atoms with Crippen molar-refractivity contribution in [2.24, 2.45) is 0 Å². The van der Waals surface area contributed by atoms with Crippen molar-refractivity contribution in [3.63, 3.8) is 0 Å². The van der Waals surface area contributed by atoms with Crippen molar-refractivity contribution >= 4 is 17.5 Å². The van der Waals surface area contributed by atoms with Crippen LogP contribution in [-0.2, 0) is 11.2 Å². The van der Waals surface area contributed by atoms with Gasteiger partial charge in [-0.05, 0) is 66.8 Å². The lowest BCUT2D eigenvalue weighted by Crippen LogP contribution is -2.46. The van der Waals surface area contributed by atoms with Gasteiger partial charge in [-0.1, -0.05) is 50.1 Å². The number of phenolic OH excluding ortho intramolecular Hbond substituents is 1. The molecule has 2 amide bonds. The molecule has 1 heterocycles. The van der Waals surface area contributed by atoms with E-state index in [4.69, 9.17) is 9.47 Å². The fraction of sp³-hybridized carbons (Fsp3) is 0.333. The Morgan fingerprint density at radius 3 is 2.41 bits per heavy atom. The van der Waals surface area contributed by atoms with Crippen LogP contribution in [0.2, 0.25) is 0 Å². The van der Waals surface area contributed by atoms with Crippen LogP contribution >= 0.6 is 0 Å². The highest BCUT2D eigenvalue weighted by Gasteiger charge is 2.36. The predicted octanol–water partition coefficient (Wildman–Crippen LogP) is 5.17. The fourth-order valence-electron chi connectivity index (χ4n) is 5.15. The number of fused-ring (bicyclic) bond motifs is 1. The molecule has 3 aromatic rings. The number of nitrogens with one attached hydrogen (secondary N) is 1. The lowest BCUT2D eigenvalue weighted by Gasteiger charge is -2.34. The van der Waals surface area contributed by atoms with Crippen LogP contribution in [0.1, 0.15) is 60.1 Å². The Labute approximate surface area is 217 Å². The topological polar surface area (TPSA) is 88.1 Å². The third-order valence-corrected chi connectivity index (χ3v) is 7.06. The lowest BCUT2D eigenvalue weighted by molar-refractivity contribution is -0.123. The van der Waals surface area contributed by atoms with E-state index in [9.17, 15) is 14.7 Å². The summed E-state index contributed by atoms with van der Waals surface area (Å²) < 4.78 is 11.4. The van der Waals surface area contributed by atoms with Gasteiger partial charge in [-0.3, -0.25) is 14.5 Å². The molecule has 192 valence electrons. The molecule has 2 N–H and O–H groups in total. The number of rotatable bonds is 7. The number of aryl methyl sites for hydroxylation is 1. The first kappa shape index (κ1) is 24.7. The number of benzene rings is 3. The Kier molecular flexibility index (Phi) is 7.30. The van der Waals surface area contributed by atoms with Crippen molar-refractivity contribution in [1.82, 2.24) is 5.32 Å². The zero-order chi connectivity index (χ0) is 25.8. The molecule has 0 saturated heterocycles. The van der Waals surface area contributed by atoms with E-state index in [0.29, 0.717) is 47.9 Å². The van der Waals surface area contributed by atoms with Gasteiger partial charge in [0.25, 0.3) is 5.91 Å². The van der Waals surface area contributed by atoms with E-state index < -0.39 is 6.04 Å². The zero-order valence-electron chi connectivity index (χ0n) is 21.0. The predicted molar refractivity (Wildman–Crippen MR) is 141 cm³/mol. The maximum absolute atomic E-state index is 14.3. The normalized spacial score (nSPS) is 15.7. The summed E-state index contributed by atoms with van der Waals surface area (Å²) in [6.45, 7) is 2.90. The van der Waals surface area contributed by atoms with Crippen LogP contribution in [-0.4, -0.2) is 36.2 Å². The molecule has 0 radical (unpaired) electrons. The maximum Gasteiger partial charge on any atom is 0.259 e. The highest BCUT2D eigenvalue weighted by atomic mass is 16.6. The van der Waals surface area contributed by atoms with Crippen LogP contribution in [0.25, 0.3) is 0 Å². The summed E-state index contributed by atoms with van der Waals surface area (Å²) in [4.78, 5) is 29.9. The summed E-state index contributed by atoms with van der Waals surface area (Å²) in [5, 5.41) is 13.1. The standard InChI is InChI=1S/C30H32N2O5/c1-2-20-7-3-6-10-25(20)32(30(35)22-13-16-26-27(19-22)37-18-17-36-26)28(21-11-14-24(33)15-12-21)29(34)31-23-8-4-5-9-23/h3,6-7,10-16,19,23,28,33H,2,4-5,8-9,17-18H2,1H3,(H,31,34)/t28-/m0/s1. The summed E-state index contributed by atoms with van der Waals surface area (Å²) >= 11 is 0. The Morgan fingerprint density at radius 2 is 1.68 bits per heavy atom. The molecule has 3 aromatic carbocycles. The van der Waals surface area contributed by atoms with Crippen LogP contribution in [0.15, 0.2) is 66.7 Å². The Hall–Kier alpha value is -4.00. The van der Waals surface area contributed by atoms with Crippen molar-refractivity contribution in [2.45, 2.75) is 51.1 Å². The minimum Gasteiger partial charge on any atom is -0.508 e. The van der Waals surface area contributed by atoms with Gasteiger partial charge >= 0.3 is 0 Å². The summed E-state index contributed by atoms with van der Waals surface area (Å²) in [6.07, 6.45) is 4.69. The van der Waals surface area contributed by atoms with Gasteiger partial charge in [0.05, 0.1) is 0 Å². The van der Waals surface area contributed by atoms with Gasteiger partial charge in [0.1, 0.15) is 25.0 Å². The molecule has 0 spiro atoms. The first-order valence-corrected chi connectivity index (χ1v) is 13.0. The molecule has 0 unspecified atom stereocenters. The Morgan fingerprint density at radius 1 is 0.973 bits per heavy atom. The van der Waals surface area contributed by atoms with Crippen molar-refractivity contribution in [2.75, 3.05) is 18.1 Å². The Balaban J connectivity index is 1.63. The number of amides is 2. The second-order valence-corrected chi connectivity index (χ2v) is 9.50. The molecule has 7 nitrogen and oxygen atoms in total. The van der Waals surface area contributed by atoms with Crippen LogP contribution in [0.3, 0.4) is 0 Å². The zero-order valence-corrected chi connectivity index (χ0v) is 21.0. The number of hydrogen-bond donors (Lipinski definition) is 2. The molecule has 37 heavy (non-hydrogen) atoms. The number of ether oxygens (including phenoxy) is 2. The van der Waals surface area contributed by atoms with Gasteiger partial charge in [-0.15, -0.1) is 0 Å². The second-order valence-electron chi connectivity index (χ2n) is 9.50. The number of hydrogen-bond acceptors (Lipinski definition) is 5. The van der Waals surface area contributed by atoms with Gasteiger partial charge in [0.2, 0.25) is 5.91 Å². The van der Waals surface area contributed by atoms with Crippen molar-refractivity contribution < 1.29 is 24.2 Å². The van der Waals surface area contributed by atoms with Crippen LogP contribution in [0, 0.1) is 0 Å². The van der Waals surface area contributed by atoms with E-state index in [0.717, 1.165) is 31.2 Å². The van der Waals surface area contributed by atoms with Gasteiger partial charge in [0, 0.05) is 17.3 Å². The molecule has 7 heteroatoms. The molecule has 1 saturated carbocycles. The summed E-state index contributed by atoms with van der Waals surface area (Å²) in [7, 11) is 0. The monoisotopic (exact) mass is 500 g/mol. The van der Waals surface area contributed by atoms with Crippen molar-refractivity contribution in [3.05, 3.63) is 83.4 Å². The number of carbonyl (C=O) groups excluding carboxylic acids is 2. The largest absolute Gasteiger partial charge is 0.508 e. The summed E-state index contributed by atoms with van der Waals surface area (Å²) in [6, 6.07) is 18.4. The van der Waals surface area contributed by atoms with Crippen LogP contribution in [0.5, 0.6) is 17.2 Å². The van der Waals surface area contributed by atoms with Crippen molar-refractivity contribution in [3.8, 4) is 17.2 Å². The minimum atomic E-state index is -0.936. The highest BCUT2D eigenvalue weighted by molar-refractivity contribution is 6.10. The lowest BCUT2D eigenvalue weighted by atomic mass is 9.99. The average Bonchev–Trinajstić information content (AvgIpc) is 3.44. The quantitative estimate of drug-likeness (QED) is 0.467. The van der Waals surface area contributed by atoms with E-state index in [1.54, 1.807) is 47.4 Å². The van der Waals surface area contributed by atoms with Gasteiger partial charge in [0.15, 0.2) is 11.5 Å².